The summed E-state index contributed by atoms with van der Waals surface area (Å²) in [4.78, 5) is 12.4. The number of carbonyl (C=O) groups is 1. The van der Waals surface area contributed by atoms with Crippen molar-refractivity contribution < 1.29 is 14.3 Å². The van der Waals surface area contributed by atoms with Gasteiger partial charge in [0.1, 0.15) is 5.58 Å². The zero-order chi connectivity index (χ0) is 17.1. The number of aryl methyl sites for hydroxylation is 2. The van der Waals surface area contributed by atoms with E-state index < -0.39 is 6.10 Å². The van der Waals surface area contributed by atoms with Crippen molar-refractivity contribution in [1.82, 2.24) is 5.32 Å². The van der Waals surface area contributed by atoms with E-state index in [2.05, 4.69) is 5.32 Å². The van der Waals surface area contributed by atoms with Gasteiger partial charge in [0.15, 0.2) is 5.76 Å². The Hall–Kier alpha value is -2.59. The quantitative estimate of drug-likeness (QED) is 0.756. The molecule has 0 bridgehead atoms. The largest absolute Gasteiger partial charge is 0.450 e. The second-order valence-electron chi connectivity index (χ2n) is 6.06. The number of fused-ring (bicyclic) bond motifs is 1. The molecule has 3 aromatic rings. The van der Waals surface area contributed by atoms with Crippen molar-refractivity contribution in [1.29, 1.82) is 0 Å². The van der Waals surface area contributed by atoms with Crippen LogP contribution in [-0.4, -0.2) is 23.7 Å². The fourth-order valence-corrected chi connectivity index (χ4v) is 2.85. The summed E-state index contributed by atoms with van der Waals surface area (Å²) in [6, 6.07) is 15.6. The molecular weight excluding hydrogens is 302 g/mol. The molecule has 2 N–H and O–H groups in total. The number of hydrogen-bond acceptors (Lipinski definition) is 3. The van der Waals surface area contributed by atoms with Crippen LogP contribution < -0.4 is 5.32 Å². The first-order valence-corrected chi connectivity index (χ1v) is 8.05. The number of furan rings is 1. The summed E-state index contributed by atoms with van der Waals surface area (Å²) >= 11 is 0. The first-order chi connectivity index (χ1) is 11.6. The molecule has 0 saturated heterocycles. The Labute approximate surface area is 141 Å². The molecule has 0 aliphatic rings. The zero-order valence-corrected chi connectivity index (χ0v) is 13.9. The fourth-order valence-electron chi connectivity index (χ4n) is 2.85. The number of para-hydroxylation sites is 1. The normalized spacial score (nSPS) is 12.3. The SMILES string of the molecule is Cc1c(C(=O)NCC(O)Cc2ccccc2)oc2c(C)cccc12. The highest BCUT2D eigenvalue weighted by atomic mass is 16.3. The maximum atomic E-state index is 12.4. The van der Waals surface area contributed by atoms with Gasteiger partial charge in [-0.25, -0.2) is 0 Å². The lowest BCUT2D eigenvalue weighted by atomic mass is 10.1. The van der Waals surface area contributed by atoms with Crippen LogP contribution in [-0.2, 0) is 6.42 Å². The molecule has 0 aliphatic heterocycles. The number of amides is 1. The predicted molar refractivity (Wildman–Crippen MR) is 94.2 cm³/mol. The average molecular weight is 323 g/mol. The number of carbonyl (C=O) groups excluding carboxylic acids is 1. The summed E-state index contributed by atoms with van der Waals surface area (Å²) in [6.45, 7) is 4.01. The lowest BCUT2D eigenvalue weighted by Gasteiger charge is -2.11. The molecule has 0 spiro atoms. The maximum Gasteiger partial charge on any atom is 0.287 e. The zero-order valence-electron chi connectivity index (χ0n) is 13.9. The van der Waals surface area contributed by atoms with Crippen LogP contribution in [0.3, 0.4) is 0 Å². The number of nitrogens with one attached hydrogen (secondary N) is 1. The van der Waals surface area contributed by atoms with Gasteiger partial charge in [-0.2, -0.15) is 0 Å². The van der Waals surface area contributed by atoms with Gasteiger partial charge in [-0.05, 0) is 25.0 Å². The van der Waals surface area contributed by atoms with Gasteiger partial charge in [-0.15, -0.1) is 0 Å². The molecule has 0 fully saturated rings. The van der Waals surface area contributed by atoms with Crippen LogP contribution in [0.15, 0.2) is 52.9 Å². The van der Waals surface area contributed by atoms with Crippen LogP contribution >= 0.6 is 0 Å². The number of hydrogen-bond donors (Lipinski definition) is 2. The summed E-state index contributed by atoms with van der Waals surface area (Å²) in [5.74, 6) is 0.0152. The molecule has 4 heteroatoms. The topological polar surface area (TPSA) is 62.5 Å². The first kappa shape index (κ1) is 16.3. The minimum absolute atomic E-state index is 0.184. The molecule has 0 aliphatic carbocycles. The highest BCUT2D eigenvalue weighted by Gasteiger charge is 2.19. The molecule has 4 nitrogen and oxygen atoms in total. The Balaban J connectivity index is 1.67. The predicted octanol–water partition coefficient (Wildman–Crippen LogP) is 3.38. The van der Waals surface area contributed by atoms with E-state index in [1.54, 1.807) is 0 Å². The van der Waals surface area contributed by atoms with Gasteiger partial charge >= 0.3 is 0 Å². The third-order valence-corrected chi connectivity index (χ3v) is 4.18. The van der Waals surface area contributed by atoms with Crippen LogP contribution in [0, 0.1) is 13.8 Å². The number of aliphatic hydroxyl groups excluding tert-OH is 1. The summed E-state index contributed by atoms with van der Waals surface area (Å²) in [7, 11) is 0. The summed E-state index contributed by atoms with van der Waals surface area (Å²) in [6.07, 6.45) is -0.137. The highest BCUT2D eigenvalue weighted by molar-refractivity contribution is 5.99. The van der Waals surface area contributed by atoms with Crippen molar-refractivity contribution in [2.45, 2.75) is 26.4 Å². The Morgan fingerprint density at radius 1 is 1.12 bits per heavy atom. The monoisotopic (exact) mass is 323 g/mol. The van der Waals surface area contributed by atoms with Crippen molar-refractivity contribution in [3.8, 4) is 0 Å². The third-order valence-electron chi connectivity index (χ3n) is 4.18. The first-order valence-electron chi connectivity index (χ1n) is 8.05. The molecule has 1 aromatic heterocycles. The van der Waals surface area contributed by atoms with Crippen LogP contribution in [0.5, 0.6) is 0 Å². The van der Waals surface area contributed by atoms with Crippen molar-refractivity contribution in [3.05, 3.63) is 71.0 Å². The smallest absolute Gasteiger partial charge is 0.287 e. The van der Waals surface area contributed by atoms with Gasteiger partial charge in [0.2, 0.25) is 0 Å². The lowest BCUT2D eigenvalue weighted by molar-refractivity contribution is 0.0890. The molecule has 24 heavy (non-hydrogen) atoms. The highest BCUT2D eigenvalue weighted by Crippen LogP contribution is 2.27. The van der Waals surface area contributed by atoms with E-state index in [1.165, 1.54) is 0 Å². The minimum atomic E-state index is -0.636. The Kier molecular flexibility index (Phi) is 4.67. The van der Waals surface area contributed by atoms with Gasteiger partial charge in [0.05, 0.1) is 6.10 Å². The summed E-state index contributed by atoms with van der Waals surface area (Å²) in [5.41, 5.74) is 3.60. The molecule has 124 valence electrons. The van der Waals surface area contributed by atoms with Crippen molar-refractivity contribution in [2.75, 3.05) is 6.54 Å². The molecular formula is C20H21NO3. The van der Waals surface area contributed by atoms with Crippen LogP contribution in [0.2, 0.25) is 0 Å². The molecule has 1 amide bonds. The van der Waals surface area contributed by atoms with Gasteiger partial charge in [-0.3, -0.25) is 4.79 Å². The number of benzene rings is 2. The molecule has 3 rings (SSSR count). The second kappa shape index (κ2) is 6.89. The fraction of sp³-hybridized carbons (Fsp3) is 0.250. The number of aliphatic hydroxyl groups is 1. The van der Waals surface area contributed by atoms with Crippen molar-refractivity contribution >= 4 is 16.9 Å². The van der Waals surface area contributed by atoms with Crippen molar-refractivity contribution in [2.24, 2.45) is 0 Å². The molecule has 2 aromatic carbocycles. The van der Waals surface area contributed by atoms with Gasteiger partial charge in [-0.1, -0.05) is 48.5 Å². The second-order valence-corrected chi connectivity index (χ2v) is 6.06. The molecule has 1 heterocycles. The summed E-state index contributed by atoms with van der Waals surface area (Å²) in [5, 5.41) is 13.8. The van der Waals surface area contributed by atoms with E-state index in [9.17, 15) is 9.90 Å². The van der Waals surface area contributed by atoms with E-state index in [0.29, 0.717) is 12.2 Å². The molecule has 1 atom stereocenters. The Morgan fingerprint density at radius 3 is 2.58 bits per heavy atom. The van der Waals surface area contributed by atoms with E-state index >= 15 is 0 Å². The maximum absolute atomic E-state index is 12.4. The van der Waals surface area contributed by atoms with E-state index in [-0.39, 0.29) is 12.5 Å². The number of rotatable bonds is 5. The average Bonchev–Trinajstić information content (AvgIpc) is 2.92. The van der Waals surface area contributed by atoms with Crippen LogP contribution in [0.4, 0.5) is 0 Å². The molecule has 0 saturated carbocycles. The van der Waals surface area contributed by atoms with E-state index in [0.717, 1.165) is 27.7 Å². The molecule has 0 radical (unpaired) electrons. The molecule has 1 unspecified atom stereocenters. The third kappa shape index (κ3) is 3.34. The van der Waals surface area contributed by atoms with Crippen LogP contribution in [0.1, 0.15) is 27.2 Å². The standard InChI is InChI=1S/C20H21NO3/c1-13-7-6-10-17-14(2)19(24-18(13)17)20(23)21-12-16(22)11-15-8-4-3-5-9-15/h3-10,16,22H,11-12H2,1-2H3,(H,21,23). The minimum Gasteiger partial charge on any atom is -0.450 e. The van der Waals surface area contributed by atoms with Gasteiger partial charge < -0.3 is 14.8 Å². The van der Waals surface area contributed by atoms with E-state index in [4.69, 9.17) is 4.42 Å². The van der Waals surface area contributed by atoms with Gasteiger partial charge in [0.25, 0.3) is 5.91 Å². The lowest BCUT2D eigenvalue weighted by Crippen LogP contribution is -2.33. The Morgan fingerprint density at radius 2 is 1.88 bits per heavy atom. The van der Waals surface area contributed by atoms with Crippen LogP contribution in [0.25, 0.3) is 11.0 Å². The summed E-state index contributed by atoms with van der Waals surface area (Å²) < 4.78 is 5.75. The van der Waals surface area contributed by atoms with E-state index in [1.807, 2.05) is 62.4 Å². The Bertz CT molecular complexity index is 852. The van der Waals surface area contributed by atoms with Crippen molar-refractivity contribution in [3.63, 3.8) is 0 Å². The van der Waals surface area contributed by atoms with Gasteiger partial charge in [0, 0.05) is 23.9 Å².